The summed E-state index contributed by atoms with van der Waals surface area (Å²) < 4.78 is 0. The predicted octanol–water partition coefficient (Wildman–Crippen LogP) is 3.70. The van der Waals surface area contributed by atoms with Crippen molar-refractivity contribution >= 4 is 0 Å². The Morgan fingerprint density at radius 1 is 1.42 bits per heavy atom. The fourth-order valence-corrected chi connectivity index (χ4v) is 2.44. The molecule has 0 N–H and O–H groups in total. The maximum absolute atomic E-state index is 4.08. The molecule has 0 atom stereocenters. The van der Waals surface area contributed by atoms with Crippen molar-refractivity contribution in [3.05, 3.63) is 23.8 Å². The highest BCUT2D eigenvalue weighted by Crippen LogP contribution is 2.50. The van der Waals surface area contributed by atoms with Crippen LogP contribution < -0.4 is 0 Å². The highest BCUT2D eigenvalue weighted by atomic mass is 14.4. The first-order valence-electron chi connectivity index (χ1n) is 4.97. The van der Waals surface area contributed by atoms with Gasteiger partial charge in [0.25, 0.3) is 0 Å². The van der Waals surface area contributed by atoms with Gasteiger partial charge in [0.1, 0.15) is 0 Å². The Bertz CT molecular complexity index is 239. The number of hydrogen-bond donors (Lipinski definition) is 0. The van der Waals surface area contributed by atoms with E-state index in [2.05, 4.69) is 26.5 Å². The van der Waals surface area contributed by atoms with E-state index in [1.54, 1.807) is 5.57 Å². The van der Waals surface area contributed by atoms with E-state index in [-0.39, 0.29) is 0 Å². The van der Waals surface area contributed by atoms with Crippen molar-refractivity contribution in [1.29, 1.82) is 0 Å². The Morgan fingerprint density at radius 3 is 2.58 bits per heavy atom. The summed E-state index contributed by atoms with van der Waals surface area (Å²) in [6, 6.07) is 0. The lowest BCUT2D eigenvalue weighted by atomic mass is 9.72. The van der Waals surface area contributed by atoms with E-state index >= 15 is 0 Å². The summed E-state index contributed by atoms with van der Waals surface area (Å²) in [7, 11) is 0. The quantitative estimate of drug-likeness (QED) is 0.516. The van der Waals surface area contributed by atoms with E-state index in [9.17, 15) is 0 Å². The third-order valence-electron chi connectivity index (χ3n) is 3.10. The van der Waals surface area contributed by atoms with E-state index in [1.165, 1.54) is 24.8 Å². The topological polar surface area (TPSA) is 0 Å². The van der Waals surface area contributed by atoms with Gasteiger partial charge in [-0.1, -0.05) is 37.6 Å². The third-order valence-corrected chi connectivity index (χ3v) is 3.10. The third kappa shape index (κ3) is 1.35. The fraction of sp³-hybridized carbons (Fsp3) is 0.667. The molecule has 0 bridgehead atoms. The number of rotatable bonds is 1. The van der Waals surface area contributed by atoms with Crippen LogP contribution in [0.15, 0.2) is 23.8 Å². The molecule has 1 fully saturated rings. The molecule has 0 heteroatoms. The first kappa shape index (κ1) is 8.10. The normalized spacial score (nSPS) is 28.5. The highest BCUT2D eigenvalue weighted by Gasteiger charge is 2.37. The minimum atomic E-state index is 0.413. The van der Waals surface area contributed by atoms with Crippen LogP contribution in [0.3, 0.4) is 0 Å². The Labute approximate surface area is 75.4 Å². The number of hydrogen-bond acceptors (Lipinski definition) is 0. The van der Waals surface area contributed by atoms with Crippen LogP contribution in [0.4, 0.5) is 0 Å². The van der Waals surface area contributed by atoms with E-state index < -0.39 is 0 Å². The molecular weight excluding hydrogens is 144 g/mol. The molecule has 0 nitrogen and oxygen atoms in total. The molecule has 0 heterocycles. The van der Waals surface area contributed by atoms with Crippen LogP contribution in [0.25, 0.3) is 0 Å². The molecule has 2 rings (SSSR count). The van der Waals surface area contributed by atoms with Crippen LogP contribution in [-0.2, 0) is 0 Å². The van der Waals surface area contributed by atoms with Crippen molar-refractivity contribution in [3.8, 4) is 0 Å². The smallest absolute Gasteiger partial charge is 0.0105 e. The lowest BCUT2D eigenvalue weighted by Gasteiger charge is -2.33. The summed E-state index contributed by atoms with van der Waals surface area (Å²) in [5.74, 6) is 0.938. The molecule has 0 aliphatic heterocycles. The average molecular weight is 162 g/mol. The van der Waals surface area contributed by atoms with Gasteiger partial charge in [-0.25, -0.2) is 0 Å². The molecule has 0 aromatic heterocycles. The zero-order valence-corrected chi connectivity index (χ0v) is 8.19. The van der Waals surface area contributed by atoms with E-state index in [4.69, 9.17) is 0 Å². The van der Waals surface area contributed by atoms with Crippen LogP contribution in [0.2, 0.25) is 0 Å². The Morgan fingerprint density at radius 2 is 2.08 bits per heavy atom. The van der Waals surface area contributed by atoms with Gasteiger partial charge >= 0.3 is 0 Å². The maximum Gasteiger partial charge on any atom is -0.0105 e. The predicted molar refractivity (Wildman–Crippen MR) is 53.0 cm³/mol. The lowest BCUT2D eigenvalue weighted by molar-refractivity contribution is 0.403. The average Bonchev–Trinajstić information content (AvgIpc) is 2.67. The van der Waals surface area contributed by atoms with Gasteiger partial charge in [0.15, 0.2) is 0 Å². The molecule has 0 spiro atoms. The Balaban J connectivity index is 2.23. The summed E-state index contributed by atoms with van der Waals surface area (Å²) in [6.45, 7) is 8.80. The highest BCUT2D eigenvalue weighted by molar-refractivity contribution is 5.28. The SMILES string of the molecule is C=C1CC=C(C2CC2)C(C)(C)C1. The largest absolute Gasteiger partial charge is 0.0995 e. The first-order valence-corrected chi connectivity index (χ1v) is 4.97. The summed E-state index contributed by atoms with van der Waals surface area (Å²) in [4.78, 5) is 0. The zero-order chi connectivity index (χ0) is 8.77. The van der Waals surface area contributed by atoms with Crippen LogP contribution in [-0.4, -0.2) is 0 Å². The van der Waals surface area contributed by atoms with Gasteiger partial charge in [0.2, 0.25) is 0 Å². The molecule has 0 unspecified atom stereocenters. The van der Waals surface area contributed by atoms with E-state index in [1.807, 2.05) is 0 Å². The Kier molecular flexibility index (Phi) is 1.67. The second-order valence-electron chi connectivity index (χ2n) is 4.95. The molecule has 12 heavy (non-hydrogen) atoms. The molecule has 2 aliphatic rings. The molecule has 0 amide bonds. The second-order valence-corrected chi connectivity index (χ2v) is 4.95. The fourth-order valence-electron chi connectivity index (χ4n) is 2.44. The lowest BCUT2D eigenvalue weighted by Crippen LogP contribution is -2.20. The van der Waals surface area contributed by atoms with Gasteiger partial charge in [-0.15, -0.1) is 0 Å². The molecule has 1 saturated carbocycles. The Hall–Kier alpha value is -0.520. The van der Waals surface area contributed by atoms with Crippen molar-refractivity contribution < 1.29 is 0 Å². The molecule has 0 aromatic rings. The monoisotopic (exact) mass is 162 g/mol. The summed E-state index contributed by atoms with van der Waals surface area (Å²) in [5, 5.41) is 0. The zero-order valence-electron chi connectivity index (χ0n) is 8.19. The molecular formula is C12H18. The molecule has 0 aromatic carbocycles. The summed E-state index contributed by atoms with van der Waals surface area (Å²) >= 11 is 0. The van der Waals surface area contributed by atoms with Crippen LogP contribution in [0.5, 0.6) is 0 Å². The van der Waals surface area contributed by atoms with Gasteiger partial charge in [-0.2, -0.15) is 0 Å². The molecule has 66 valence electrons. The standard InChI is InChI=1S/C12H18/c1-9-4-7-11(10-5-6-10)12(2,3)8-9/h7,10H,1,4-6,8H2,2-3H3. The van der Waals surface area contributed by atoms with Gasteiger partial charge in [0, 0.05) is 0 Å². The van der Waals surface area contributed by atoms with Crippen molar-refractivity contribution in [2.24, 2.45) is 11.3 Å². The van der Waals surface area contributed by atoms with Gasteiger partial charge < -0.3 is 0 Å². The molecule has 2 aliphatic carbocycles. The second kappa shape index (κ2) is 2.48. The summed E-state index contributed by atoms with van der Waals surface area (Å²) in [6.07, 6.45) is 7.64. The van der Waals surface area contributed by atoms with Gasteiger partial charge in [-0.3, -0.25) is 0 Å². The first-order chi connectivity index (χ1) is 5.59. The van der Waals surface area contributed by atoms with Crippen LogP contribution in [0, 0.1) is 11.3 Å². The minimum absolute atomic E-state index is 0.413. The van der Waals surface area contributed by atoms with E-state index in [0.29, 0.717) is 5.41 Å². The van der Waals surface area contributed by atoms with E-state index in [0.717, 1.165) is 12.3 Å². The number of allylic oxidation sites excluding steroid dienone is 3. The maximum atomic E-state index is 4.08. The van der Waals surface area contributed by atoms with Gasteiger partial charge in [-0.05, 0) is 37.0 Å². The van der Waals surface area contributed by atoms with Crippen LogP contribution in [0.1, 0.15) is 39.5 Å². The molecule has 0 radical (unpaired) electrons. The van der Waals surface area contributed by atoms with Crippen molar-refractivity contribution in [3.63, 3.8) is 0 Å². The van der Waals surface area contributed by atoms with Crippen LogP contribution >= 0.6 is 0 Å². The van der Waals surface area contributed by atoms with Crippen molar-refractivity contribution in [2.75, 3.05) is 0 Å². The van der Waals surface area contributed by atoms with Gasteiger partial charge in [0.05, 0.1) is 0 Å². The van der Waals surface area contributed by atoms with Crippen molar-refractivity contribution in [1.82, 2.24) is 0 Å². The molecule has 0 saturated heterocycles. The summed E-state index contributed by atoms with van der Waals surface area (Å²) in [5.41, 5.74) is 3.54. The van der Waals surface area contributed by atoms with Crippen molar-refractivity contribution in [2.45, 2.75) is 39.5 Å². The minimum Gasteiger partial charge on any atom is -0.0995 e.